The lowest BCUT2D eigenvalue weighted by Gasteiger charge is -2.34. The van der Waals surface area contributed by atoms with Crippen LogP contribution in [0.3, 0.4) is 0 Å². The fraction of sp³-hybridized carbons (Fsp3) is 0.263. The van der Waals surface area contributed by atoms with Crippen LogP contribution in [0.25, 0.3) is 0 Å². The molecule has 10 nitrogen and oxygen atoms in total. The smallest absolute Gasteiger partial charge is 0.337 e. The van der Waals surface area contributed by atoms with Gasteiger partial charge in [0.2, 0.25) is 11.9 Å². The van der Waals surface area contributed by atoms with Crippen molar-refractivity contribution >= 4 is 29.4 Å². The average Bonchev–Trinajstić information content (AvgIpc) is 2.79. The van der Waals surface area contributed by atoms with E-state index in [1.54, 1.807) is 42.9 Å². The lowest BCUT2D eigenvalue weighted by atomic mass is 10.2. The second-order valence-corrected chi connectivity index (χ2v) is 6.36. The van der Waals surface area contributed by atoms with Gasteiger partial charge in [-0.1, -0.05) is 6.07 Å². The normalized spacial score (nSPS) is 13.8. The zero-order chi connectivity index (χ0) is 20.1. The minimum atomic E-state index is -0.393. The molecule has 0 spiro atoms. The number of hydrogen-bond donors (Lipinski definition) is 1. The van der Waals surface area contributed by atoms with E-state index in [-0.39, 0.29) is 0 Å². The van der Waals surface area contributed by atoms with Crippen molar-refractivity contribution in [2.75, 3.05) is 48.4 Å². The summed E-state index contributed by atoms with van der Waals surface area (Å²) in [6.07, 6.45) is 5.03. The van der Waals surface area contributed by atoms with E-state index in [1.165, 1.54) is 7.11 Å². The van der Waals surface area contributed by atoms with Gasteiger partial charge in [-0.05, 0) is 24.3 Å². The lowest BCUT2D eigenvalue weighted by molar-refractivity contribution is 0.0601. The zero-order valence-corrected chi connectivity index (χ0v) is 15.9. The topological polar surface area (TPSA) is 109 Å². The van der Waals surface area contributed by atoms with Gasteiger partial charge in [0.15, 0.2) is 5.82 Å². The average molecular weight is 392 g/mol. The molecule has 29 heavy (non-hydrogen) atoms. The highest BCUT2D eigenvalue weighted by atomic mass is 16.5. The zero-order valence-electron chi connectivity index (χ0n) is 15.9. The van der Waals surface area contributed by atoms with Crippen LogP contribution in [-0.2, 0) is 4.74 Å². The maximum Gasteiger partial charge on any atom is 0.337 e. The first-order valence-corrected chi connectivity index (χ1v) is 9.15. The number of piperazine rings is 1. The quantitative estimate of drug-likeness (QED) is 0.642. The highest BCUT2D eigenvalue weighted by Gasteiger charge is 2.21. The minimum Gasteiger partial charge on any atom is -0.465 e. The first kappa shape index (κ1) is 18.5. The molecule has 148 valence electrons. The molecule has 1 fully saturated rings. The molecule has 3 heterocycles. The highest BCUT2D eigenvalue weighted by molar-refractivity contribution is 5.90. The number of nitrogens with one attached hydrogen (secondary N) is 1. The van der Waals surface area contributed by atoms with Gasteiger partial charge < -0.3 is 19.9 Å². The summed E-state index contributed by atoms with van der Waals surface area (Å²) < 4.78 is 4.76. The Labute approximate surface area is 167 Å². The van der Waals surface area contributed by atoms with E-state index in [1.807, 2.05) is 6.07 Å². The van der Waals surface area contributed by atoms with Gasteiger partial charge >= 0.3 is 5.97 Å². The number of benzene rings is 1. The first-order valence-electron chi connectivity index (χ1n) is 9.15. The van der Waals surface area contributed by atoms with E-state index in [2.05, 4.69) is 40.3 Å². The molecule has 4 rings (SSSR count). The third kappa shape index (κ3) is 4.37. The van der Waals surface area contributed by atoms with Gasteiger partial charge in [-0.2, -0.15) is 10.1 Å². The summed E-state index contributed by atoms with van der Waals surface area (Å²) >= 11 is 0. The molecule has 0 bridgehead atoms. The molecule has 1 aromatic carbocycles. The van der Waals surface area contributed by atoms with Crippen molar-refractivity contribution in [3.63, 3.8) is 0 Å². The van der Waals surface area contributed by atoms with Gasteiger partial charge in [0.05, 0.1) is 18.9 Å². The number of ether oxygens (including phenoxy) is 1. The van der Waals surface area contributed by atoms with Crippen molar-refractivity contribution < 1.29 is 9.53 Å². The summed E-state index contributed by atoms with van der Waals surface area (Å²) in [5.41, 5.74) is 1.17. The van der Waals surface area contributed by atoms with Gasteiger partial charge in [-0.15, -0.1) is 5.10 Å². The molecular formula is C19H20N8O2. The van der Waals surface area contributed by atoms with Gasteiger partial charge in [0.25, 0.3) is 0 Å². The third-order valence-electron chi connectivity index (χ3n) is 4.50. The molecule has 1 aliphatic rings. The summed E-state index contributed by atoms with van der Waals surface area (Å²) in [6, 6.07) is 8.81. The van der Waals surface area contributed by atoms with Crippen LogP contribution in [0.4, 0.5) is 23.4 Å². The molecule has 0 atom stereocenters. The Kier molecular flexibility index (Phi) is 5.41. The standard InChI is InChI=1S/C19H20N8O2/c1-29-17(28)14-4-2-5-15(12-14)23-16-13-22-25-19(24-16)27-10-8-26(9-11-27)18-20-6-3-7-21-18/h2-7,12-13H,8-11H2,1H3,(H,23,24,25). The predicted molar refractivity (Wildman–Crippen MR) is 107 cm³/mol. The van der Waals surface area contributed by atoms with E-state index in [0.717, 1.165) is 32.1 Å². The Bertz CT molecular complexity index is 977. The predicted octanol–water partition coefficient (Wildman–Crippen LogP) is 1.52. The molecule has 10 heteroatoms. The number of carbonyl (C=O) groups excluding carboxylic acids is 1. The summed E-state index contributed by atoms with van der Waals surface area (Å²) in [5.74, 6) is 1.43. The van der Waals surface area contributed by atoms with Crippen LogP contribution in [0.5, 0.6) is 0 Å². The SMILES string of the molecule is COC(=O)c1cccc(Nc2cnnc(N3CCN(c4ncccn4)CC3)n2)c1. The molecule has 2 aromatic heterocycles. The molecule has 0 saturated carbocycles. The number of esters is 1. The van der Waals surface area contributed by atoms with E-state index in [4.69, 9.17) is 4.74 Å². The van der Waals surface area contributed by atoms with Crippen LogP contribution in [0.1, 0.15) is 10.4 Å². The van der Waals surface area contributed by atoms with E-state index in [0.29, 0.717) is 23.0 Å². The highest BCUT2D eigenvalue weighted by Crippen LogP contribution is 2.19. The monoisotopic (exact) mass is 392 g/mol. The Morgan fingerprint density at radius 2 is 1.76 bits per heavy atom. The molecule has 0 radical (unpaired) electrons. The van der Waals surface area contributed by atoms with Crippen LogP contribution in [0, 0.1) is 0 Å². The fourth-order valence-electron chi connectivity index (χ4n) is 3.04. The number of nitrogens with zero attached hydrogens (tertiary/aromatic N) is 7. The number of anilines is 4. The van der Waals surface area contributed by atoms with Crippen molar-refractivity contribution in [1.29, 1.82) is 0 Å². The van der Waals surface area contributed by atoms with E-state index < -0.39 is 5.97 Å². The van der Waals surface area contributed by atoms with Gasteiger partial charge in [0.1, 0.15) is 0 Å². The number of carbonyl (C=O) groups is 1. The van der Waals surface area contributed by atoms with Gasteiger partial charge in [-0.25, -0.2) is 14.8 Å². The third-order valence-corrected chi connectivity index (χ3v) is 4.50. The number of methoxy groups -OCH3 is 1. The van der Waals surface area contributed by atoms with Crippen molar-refractivity contribution in [3.8, 4) is 0 Å². The Morgan fingerprint density at radius 1 is 1.03 bits per heavy atom. The van der Waals surface area contributed by atoms with Crippen molar-refractivity contribution in [3.05, 3.63) is 54.5 Å². The molecule has 0 unspecified atom stereocenters. The number of hydrogen-bond acceptors (Lipinski definition) is 10. The molecular weight excluding hydrogens is 372 g/mol. The van der Waals surface area contributed by atoms with Crippen molar-refractivity contribution in [1.82, 2.24) is 25.1 Å². The minimum absolute atomic E-state index is 0.393. The summed E-state index contributed by atoms with van der Waals surface area (Å²) in [6.45, 7) is 3.01. The lowest BCUT2D eigenvalue weighted by Crippen LogP contribution is -2.47. The second-order valence-electron chi connectivity index (χ2n) is 6.36. The summed E-state index contributed by atoms with van der Waals surface area (Å²) in [7, 11) is 1.35. The fourth-order valence-corrected chi connectivity index (χ4v) is 3.04. The van der Waals surface area contributed by atoms with Crippen LogP contribution >= 0.6 is 0 Å². The maximum atomic E-state index is 11.7. The Hall–Kier alpha value is -3.82. The Morgan fingerprint density at radius 3 is 2.48 bits per heavy atom. The van der Waals surface area contributed by atoms with E-state index in [9.17, 15) is 4.79 Å². The van der Waals surface area contributed by atoms with Crippen LogP contribution in [0.2, 0.25) is 0 Å². The Balaban J connectivity index is 1.42. The van der Waals surface area contributed by atoms with Crippen molar-refractivity contribution in [2.24, 2.45) is 0 Å². The molecule has 0 amide bonds. The van der Waals surface area contributed by atoms with Crippen LogP contribution < -0.4 is 15.1 Å². The van der Waals surface area contributed by atoms with Crippen molar-refractivity contribution in [2.45, 2.75) is 0 Å². The first-order chi connectivity index (χ1) is 14.2. The van der Waals surface area contributed by atoms with Gasteiger partial charge in [0, 0.05) is 44.3 Å². The van der Waals surface area contributed by atoms with E-state index >= 15 is 0 Å². The number of rotatable bonds is 5. The van der Waals surface area contributed by atoms with Crippen LogP contribution in [-0.4, -0.2) is 64.4 Å². The largest absolute Gasteiger partial charge is 0.465 e. The maximum absolute atomic E-state index is 11.7. The molecule has 1 N–H and O–H groups in total. The molecule has 3 aromatic rings. The van der Waals surface area contributed by atoms with Gasteiger partial charge in [-0.3, -0.25) is 0 Å². The molecule has 1 saturated heterocycles. The second kappa shape index (κ2) is 8.46. The molecule has 0 aliphatic carbocycles. The summed E-state index contributed by atoms with van der Waals surface area (Å²) in [4.78, 5) is 29.1. The molecule has 1 aliphatic heterocycles. The van der Waals surface area contributed by atoms with Crippen LogP contribution in [0.15, 0.2) is 48.9 Å². The summed E-state index contributed by atoms with van der Waals surface area (Å²) in [5, 5.41) is 11.4. The number of aromatic nitrogens is 5.